The zero-order valence-corrected chi connectivity index (χ0v) is 13.4. The summed E-state index contributed by atoms with van der Waals surface area (Å²) in [5, 5.41) is 0.777. The Labute approximate surface area is 126 Å². The first-order valence-electron chi connectivity index (χ1n) is 6.73. The molecule has 0 aliphatic heterocycles. The van der Waals surface area contributed by atoms with Crippen molar-refractivity contribution in [3.8, 4) is 0 Å². The normalized spacial score (nSPS) is 23.3. The summed E-state index contributed by atoms with van der Waals surface area (Å²) in [5.41, 5.74) is 8.28. The molecular weight excluding hydrogens is 322 g/mol. The Kier molecular flexibility index (Phi) is 3.76. The highest BCUT2D eigenvalue weighted by Crippen LogP contribution is 2.40. The average molecular weight is 340 g/mol. The maximum atomic E-state index is 6.13. The van der Waals surface area contributed by atoms with Gasteiger partial charge in [0.15, 0.2) is 0 Å². The largest absolute Gasteiger partial charge is 0.369 e. The van der Waals surface area contributed by atoms with Crippen LogP contribution in [0.4, 0.5) is 5.95 Å². The molecule has 1 aliphatic carbocycles. The van der Waals surface area contributed by atoms with Crippen LogP contribution in [0.25, 0.3) is 11.0 Å². The first-order valence-corrected chi connectivity index (χ1v) is 8.57. The molecule has 19 heavy (non-hydrogen) atoms. The van der Waals surface area contributed by atoms with Crippen molar-refractivity contribution in [2.75, 3.05) is 11.5 Å². The quantitative estimate of drug-likeness (QED) is 0.909. The van der Waals surface area contributed by atoms with Crippen molar-refractivity contribution in [1.82, 2.24) is 9.55 Å². The Morgan fingerprint density at radius 1 is 1.47 bits per heavy atom. The van der Waals surface area contributed by atoms with Crippen molar-refractivity contribution >= 4 is 44.7 Å². The van der Waals surface area contributed by atoms with E-state index in [-0.39, 0.29) is 0 Å². The molecule has 2 unspecified atom stereocenters. The number of nitrogen functional groups attached to an aromatic ring is 1. The molecule has 1 fully saturated rings. The lowest BCUT2D eigenvalue weighted by molar-refractivity contribution is 0.540. The SMILES string of the molecule is CCSC1CCC(n2c(N)nc3ccc(Br)cc32)C1. The van der Waals surface area contributed by atoms with E-state index in [1.165, 1.54) is 25.0 Å². The molecular formula is C14H18BrN3S. The zero-order chi connectivity index (χ0) is 13.4. The van der Waals surface area contributed by atoms with Crippen molar-refractivity contribution < 1.29 is 0 Å². The number of anilines is 1. The molecule has 3 rings (SSSR count). The molecule has 0 bridgehead atoms. The Balaban J connectivity index is 1.96. The number of nitrogens with two attached hydrogens (primary N) is 1. The third-order valence-corrected chi connectivity index (χ3v) is 5.53. The summed E-state index contributed by atoms with van der Waals surface area (Å²) in [6.07, 6.45) is 3.71. The Hall–Kier alpha value is -0.680. The van der Waals surface area contributed by atoms with Gasteiger partial charge in [0.2, 0.25) is 5.95 Å². The zero-order valence-electron chi connectivity index (χ0n) is 11.0. The summed E-state index contributed by atoms with van der Waals surface area (Å²) in [6, 6.07) is 6.67. The number of halogens is 1. The molecule has 1 aromatic heterocycles. The fourth-order valence-electron chi connectivity index (χ4n) is 3.01. The predicted octanol–water partition coefficient (Wildman–Crippen LogP) is 4.23. The van der Waals surface area contributed by atoms with E-state index < -0.39 is 0 Å². The molecule has 1 heterocycles. The van der Waals surface area contributed by atoms with E-state index >= 15 is 0 Å². The third-order valence-electron chi connectivity index (χ3n) is 3.80. The second kappa shape index (κ2) is 5.37. The lowest BCUT2D eigenvalue weighted by atomic mass is 10.2. The topological polar surface area (TPSA) is 43.8 Å². The summed E-state index contributed by atoms with van der Waals surface area (Å²) in [4.78, 5) is 4.48. The van der Waals surface area contributed by atoms with Gasteiger partial charge in [-0.2, -0.15) is 11.8 Å². The Morgan fingerprint density at radius 3 is 3.11 bits per heavy atom. The lowest BCUT2D eigenvalue weighted by Gasteiger charge is -2.15. The van der Waals surface area contributed by atoms with Crippen LogP contribution in [0.2, 0.25) is 0 Å². The number of nitrogens with zero attached hydrogens (tertiary/aromatic N) is 2. The maximum Gasteiger partial charge on any atom is 0.201 e. The molecule has 102 valence electrons. The summed E-state index contributed by atoms with van der Waals surface area (Å²) in [6.45, 7) is 2.23. The average Bonchev–Trinajstić information content (AvgIpc) is 2.93. The fourth-order valence-corrected chi connectivity index (χ4v) is 4.49. The van der Waals surface area contributed by atoms with Crippen molar-refractivity contribution in [2.45, 2.75) is 37.5 Å². The van der Waals surface area contributed by atoms with E-state index in [4.69, 9.17) is 5.73 Å². The molecule has 1 aliphatic rings. The molecule has 3 nitrogen and oxygen atoms in total. The molecule has 2 atom stereocenters. The van der Waals surface area contributed by atoms with Gasteiger partial charge in [-0.25, -0.2) is 4.98 Å². The smallest absolute Gasteiger partial charge is 0.201 e. The number of fused-ring (bicyclic) bond motifs is 1. The first-order chi connectivity index (χ1) is 9.19. The van der Waals surface area contributed by atoms with Gasteiger partial charge in [-0.3, -0.25) is 0 Å². The number of hydrogen-bond donors (Lipinski definition) is 1. The molecule has 5 heteroatoms. The number of hydrogen-bond acceptors (Lipinski definition) is 3. The van der Waals surface area contributed by atoms with Crippen molar-refractivity contribution in [1.29, 1.82) is 0 Å². The van der Waals surface area contributed by atoms with Crippen LogP contribution >= 0.6 is 27.7 Å². The van der Waals surface area contributed by atoms with Gasteiger partial charge in [-0.05, 0) is 43.2 Å². The highest BCUT2D eigenvalue weighted by molar-refractivity contribution is 9.10. The van der Waals surface area contributed by atoms with Crippen LogP contribution in [0.15, 0.2) is 22.7 Å². The highest BCUT2D eigenvalue weighted by atomic mass is 79.9. The molecule has 0 saturated heterocycles. The lowest BCUT2D eigenvalue weighted by Crippen LogP contribution is -2.09. The van der Waals surface area contributed by atoms with Gasteiger partial charge in [0.25, 0.3) is 0 Å². The van der Waals surface area contributed by atoms with Gasteiger partial charge in [-0.1, -0.05) is 22.9 Å². The number of imidazole rings is 1. The van der Waals surface area contributed by atoms with Crippen LogP contribution < -0.4 is 5.73 Å². The summed E-state index contributed by atoms with van der Waals surface area (Å²) < 4.78 is 3.31. The van der Waals surface area contributed by atoms with E-state index in [0.717, 1.165) is 20.8 Å². The van der Waals surface area contributed by atoms with Crippen molar-refractivity contribution in [3.63, 3.8) is 0 Å². The molecule has 2 aromatic rings. The number of benzene rings is 1. The van der Waals surface area contributed by atoms with Gasteiger partial charge in [0, 0.05) is 15.8 Å². The minimum atomic E-state index is 0.503. The number of aromatic nitrogens is 2. The van der Waals surface area contributed by atoms with E-state index in [1.807, 2.05) is 12.1 Å². The van der Waals surface area contributed by atoms with Crippen LogP contribution in [0.1, 0.15) is 32.2 Å². The molecule has 2 N–H and O–H groups in total. The summed E-state index contributed by atoms with van der Waals surface area (Å²) in [7, 11) is 0. The standard InChI is InChI=1S/C14H18BrN3S/c1-2-19-11-5-4-10(8-11)18-13-7-9(15)3-6-12(13)17-14(18)16/h3,6-7,10-11H,2,4-5,8H2,1H3,(H2,16,17). The second-order valence-corrected chi connectivity index (χ2v) is 7.51. The minimum Gasteiger partial charge on any atom is -0.369 e. The molecule has 0 amide bonds. The predicted molar refractivity (Wildman–Crippen MR) is 86.7 cm³/mol. The van der Waals surface area contributed by atoms with Gasteiger partial charge < -0.3 is 10.3 Å². The van der Waals surface area contributed by atoms with Crippen LogP contribution in [-0.4, -0.2) is 20.6 Å². The Morgan fingerprint density at radius 2 is 2.32 bits per heavy atom. The number of thioether (sulfide) groups is 1. The van der Waals surface area contributed by atoms with Crippen LogP contribution in [0.3, 0.4) is 0 Å². The maximum absolute atomic E-state index is 6.13. The van der Waals surface area contributed by atoms with Crippen molar-refractivity contribution in [2.24, 2.45) is 0 Å². The Bertz CT molecular complexity index is 596. The van der Waals surface area contributed by atoms with Crippen LogP contribution in [0, 0.1) is 0 Å². The van der Waals surface area contributed by atoms with Gasteiger partial charge in [0.05, 0.1) is 11.0 Å². The van der Waals surface area contributed by atoms with Crippen LogP contribution in [-0.2, 0) is 0 Å². The van der Waals surface area contributed by atoms with E-state index in [1.54, 1.807) is 0 Å². The van der Waals surface area contributed by atoms with Gasteiger partial charge in [0.1, 0.15) is 0 Å². The molecule has 1 aromatic carbocycles. The molecule has 1 saturated carbocycles. The summed E-state index contributed by atoms with van der Waals surface area (Å²) >= 11 is 5.61. The van der Waals surface area contributed by atoms with E-state index in [9.17, 15) is 0 Å². The molecule has 0 spiro atoms. The number of rotatable bonds is 3. The molecule has 0 radical (unpaired) electrons. The third kappa shape index (κ3) is 2.50. The summed E-state index contributed by atoms with van der Waals surface area (Å²) in [5.74, 6) is 1.85. The van der Waals surface area contributed by atoms with Crippen LogP contribution in [0.5, 0.6) is 0 Å². The van der Waals surface area contributed by atoms with Crippen molar-refractivity contribution in [3.05, 3.63) is 22.7 Å². The highest BCUT2D eigenvalue weighted by Gasteiger charge is 2.28. The monoisotopic (exact) mass is 339 g/mol. The van der Waals surface area contributed by atoms with E-state index in [2.05, 4.69) is 50.2 Å². The van der Waals surface area contributed by atoms with Gasteiger partial charge >= 0.3 is 0 Å². The second-order valence-electron chi connectivity index (χ2n) is 5.02. The van der Waals surface area contributed by atoms with E-state index in [0.29, 0.717) is 12.0 Å². The fraction of sp³-hybridized carbons (Fsp3) is 0.500. The van der Waals surface area contributed by atoms with Gasteiger partial charge in [-0.15, -0.1) is 0 Å². The minimum absolute atomic E-state index is 0.503. The first kappa shape index (κ1) is 13.3.